The van der Waals surface area contributed by atoms with Gasteiger partial charge in [-0.2, -0.15) is 0 Å². The van der Waals surface area contributed by atoms with Gasteiger partial charge in [0.2, 0.25) is 5.91 Å². The zero-order chi connectivity index (χ0) is 23.9. The summed E-state index contributed by atoms with van der Waals surface area (Å²) < 4.78 is 0. The number of likely N-dealkylation sites (tertiary alicyclic amines) is 1. The Kier molecular flexibility index (Phi) is 5.55. The summed E-state index contributed by atoms with van der Waals surface area (Å²) in [6.45, 7) is 5.40. The van der Waals surface area contributed by atoms with E-state index in [0.717, 1.165) is 53.4 Å². The van der Waals surface area contributed by atoms with Gasteiger partial charge in [0.05, 0.1) is 0 Å². The number of nitrogens with two attached hydrogens (primary N) is 1. The third-order valence-electron chi connectivity index (χ3n) is 7.18. The van der Waals surface area contributed by atoms with Crippen LogP contribution in [0.25, 0.3) is 21.9 Å². The molecule has 2 aliphatic heterocycles. The normalized spacial score (nSPS) is 21.2. The Morgan fingerprint density at radius 1 is 1.12 bits per heavy atom. The summed E-state index contributed by atoms with van der Waals surface area (Å²) in [7, 11) is 0. The van der Waals surface area contributed by atoms with Crippen LogP contribution < -0.4 is 5.73 Å². The quantitative estimate of drug-likeness (QED) is 0.651. The van der Waals surface area contributed by atoms with Crippen LogP contribution in [-0.4, -0.2) is 52.2 Å². The first kappa shape index (κ1) is 22.1. The van der Waals surface area contributed by atoms with Gasteiger partial charge in [-0.3, -0.25) is 19.5 Å². The molecule has 0 aliphatic carbocycles. The Labute approximate surface area is 199 Å². The van der Waals surface area contributed by atoms with Gasteiger partial charge in [0.1, 0.15) is 0 Å². The molecular weight excluding hydrogens is 426 g/mol. The van der Waals surface area contributed by atoms with Crippen LogP contribution in [0.3, 0.4) is 0 Å². The number of guanidine groups is 1. The summed E-state index contributed by atoms with van der Waals surface area (Å²) in [6, 6.07) is 16.1. The zero-order valence-corrected chi connectivity index (χ0v) is 19.6. The number of aliphatic imine (C=N–C) groups is 1. The van der Waals surface area contributed by atoms with Crippen molar-refractivity contribution in [1.82, 2.24) is 14.8 Å². The molecule has 2 amide bonds. The van der Waals surface area contributed by atoms with E-state index in [0.29, 0.717) is 12.5 Å². The fourth-order valence-corrected chi connectivity index (χ4v) is 5.09. The molecule has 5 rings (SSSR count). The summed E-state index contributed by atoms with van der Waals surface area (Å²) >= 11 is 0. The summed E-state index contributed by atoms with van der Waals surface area (Å²) in [6.07, 6.45) is 5.43. The van der Waals surface area contributed by atoms with Crippen molar-refractivity contribution < 1.29 is 9.59 Å². The number of hydrogen-bond acceptors (Lipinski definition) is 5. The van der Waals surface area contributed by atoms with Crippen molar-refractivity contribution in [2.24, 2.45) is 16.6 Å². The predicted molar refractivity (Wildman–Crippen MR) is 133 cm³/mol. The van der Waals surface area contributed by atoms with Crippen LogP contribution in [0, 0.1) is 5.92 Å². The van der Waals surface area contributed by atoms with Crippen molar-refractivity contribution in [3.8, 4) is 11.1 Å². The number of nitrogens with zero attached hydrogens (tertiary/aromatic N) is 4. The summed E-state index contributed by atoms with van der Waals surface area (Å²) in [4.78, 5) is 37.8. The second-order valence-electron chi connectivity index (χ2n) is 9.40. The van der Waals surface area contributed by atoms with Crippen molar-refractivity contribution >= 4 is 28.5 Å². The standard InChI is InChI=1S/C27H29N5O2/c1-18(33)31-12-10-19(11-13-31)17-32-25(34)27(2,30-26(32)28)22-8-5-7-20(14-22)24-16-29-15-21-6-3-4-9-23(21)24/h3-9,14-16,19H,10-13,17H2,1-2H3,(H2,28,30). The topological polar surface area (TPSA) is 91.9 Å². The Balaban J connectivity index is 1.40. The fraction of sp³-hybridized carbons (Fsp3) is 0.333. The molecular formula is C27H29N5O2. The first-order valence-corrected chi connectivity index (χ1v) is 11.7. The van der Waals surface area contributed by atoms with E-state index in [1.165, 1.54) is 0 Å². The molecule has 1 unspecified atom stereocenters. The van der Waals surface area contributed by atoms with Gasteiger partial charge in [0, 0.05) is 49.9 Å². The first-order chi connectivity index (χ1) is 16.4. The molecule has 3 heterocycles. The van der Waals surface area contributed by atoms with E-state index in [-0.39, 0.29) is 17.8 Å². The van der Waals surface area contributed by atoms with Crippen LogP contribution in [0.4, 0.5) is 0 Å². The number of carbonyl (C=O) groups excluding carboxylic acids is 2. The number of hydrogen-bond donors (Lipinski definition) is 1. The summed E-state index contributed by atoms with van der Waals surface area (Å²) in [5.74, 6) is 0.556. The minimum absolute atomic E-state index is 0.102. The first-order valence-electron chi connectivity index (χ1n) is 11.7. The van der Waals surface area contributed by atoms with Gasteiger partial charge in [-0.1, -0.05) is 42.5 Å². The van der Waals surface area contributed by atoms with Crippen molar-refractivity contribution in [3.05, 3.63) is 66.5 Å². The number of pyridine rings is 1. The molecule has 7 nitrogen and oxygen atoms in total. The number of piperidine rings is 1. The third kappa shape index (κ3) is 3.81. The van der Waals surface area contributed by atoms with Gasteiger partial charge in [0.25, 0.3) is 5.91 Å². The molecule has 0 radical (unpaired) electrons. The fourth-order valence-electron chi connectivity index (χ4n) is 5.09. The van der Waals surface area contributed by atoms with E-state index < -0.39 is 5.54 Å². The maximum absolute atomic E-state index is 13.6. The molecule has 7 heteroatoms. The lowest BCUT2D eigenvalue weighted by Crippen LogP contribution is -2.46. The Hall–Kier alpha value is -3.74. The van der Waals surface area contributed by atoms with Crippen molar-refractivity contribution in [1.29, 1.82) is 0 Å². The minimum atomic E-state index is -1.07. The van der Waals surface area contributed by atoms with Crippen molar-refractivity contribution in [2.45, 2.75) is 32.2 Å². The molecule has 1 saturated heterocycles. The molecule has 0 spiro atoms. The number of amides is 2. The van der Waals surface area contributed by atoms with Crippen LogP contribution in [0.1, 0.15) is 32.3 Å². The molecule has 174 valence electrons. The van der Waals surface area contributed by atoms with Crippen LogP contribution in [-0.2, 0) is 15.1 Å². The number of benzene rings is 2. The number of carbonyl (C=O) groups is 2. The predicted octanol–water partition coefficient (Wildman–Crippen LogP) is 3.53. The monoisotopic (exact) mass is 455 g/mol. The van der Waals surface area contributed by atoms with Gasteiger partial charge in [-0.15, -0.1) is 0 Å². The molecule has 2 aromatic carbocycles. The average molecular weight is 456 g/mol. The lowest BCUT2D eigenvalue weighted by Gasteiger charge is -2.33. The second-order valence-corrected chi connectivity index (χ2v) is 9.40. The Morgan fingerprint density at radius 2 is 1.88 bits per heavy atom. The second kappa shape index (κ2) is 8.56. The summed E-state index contributed by atoms with van der Waals surface area (Å²) in [5.41, 5.74) is 8.01. The molecule has 2 aliphatic rings. The largest absolute Gasteiger partial charge is 0.369 e. The van der Waals surface area contributed by atoms with E-state index in [2.05, 4.69) is 16.0 Å². The Bertz CT molecular complexity index is 1290. The van der Waals surface area contributed by atoms with E-state index in [1.807, 2.05) is 66.7 Å². The number of rotatable bonds is 4. The van der Waals surface area contributed by atoms with Gasteiger partial charge >= 0.3 is 0 Å². The van der Waals surface area contributed by atoms with E-state index >= 15 is 0 Å². The highest BCUT2D eigenvalue weighted by atomic mass is 16.2. The number of aromatic nitrogens is 1. The van der Waals surface area contributed by atoms with Crippen LogP contribution in [0.15, 0.2) is 65.9 Å². The molecule has 1 atom stereocenters. The Morgan fingerprint density at radius 3 is 2.65 bits per heavy atom. The highest BCUT2D eigenvalue weighted by molar-refractivity contribution is 6.07. The lowest BCUT2D eigenvalue weighted by atomic mass is 9.88. The van der Waals surface area contributed by atoms with Crippen molar-refractivity contribution in [3.63, 3.8) is 0 Å². The molecule has 1 fully saturated rings. The molecule has 34 heavy (non-hydrogen) atoms. The smallest absolute Gasteiger partial charge is 0.261 e. The number of fused-ring (bicyclic) bond motifs is 1. The van der Waals surface area contributed by atoms with E-state index in [4.69, 9.17) is 5.73 Å². The van der Waals surface area contributed by atoms with Crippen LogP contribution in [0.5, 0.6) is 0 Å². The van der Waals surface area contributed by atoms with Crippen molar-refractivity contribution in [2.75, 3.05) is 19.6 Å². The zero-order valence-electron chi connectivity index (χ0n) is 19.6. The van der Waals surface area contributed by atoms with Gasteiger partial charge in [0.15, 0.2) is 11.5 Å². The minimum Gasteiger partial charge on any atom is -0.369 e. The van der Waals surface area contributed by atoms with E-state index in [9.17, 15) is 9.59 Å². The van der Waals surface area contributed by atoms with E-state index in [1.54, 1.807) is 11.8 Å². The highest BCUT2D eigenvalue weighted by Gasteiger charge is 2.46. The molecule has 1 aromatic heterocycles. The SMILES string of the molecule is CC(=O)N1CCC(CN2C(=O)C(C)(c3cccc(-c4cncc5ccccc45)c3)N=C2N)CC1. The molecule has 3 aromatic rings. The van der Waals surface area contributed by atoms with Gasteiger partial charge < -0.3 is 10.6 Å². The molecule has 0 saturated carbocycles. The lowest BCUT2D eigenvalue weighted by molar-refractivity contribution is -0.133. The van der Waals surface area contributed by atoms with Crippen LogP contribution >= 0.6 is 0 Å². The van der Waals surface area contributed by atoms with Crippen LogP contribution in [0.2, 0.25) is 0 Å². The molecule has 0 bridgehead atoms. The third-order valence-corrected chi connectivity index (χ3v) is 7.18. The van der Waals surface area contributed by atoms with Gasteiger partial charge in [-0.25, -0.2) is 4.99 Å². The highest BCUT2D eigenvalue weighted by Crippen LogP contribution is 2.36. The van der Waals surface area contributed by atoms with Gasteiger partial charge in [-0.05, 0) is 48.3 Å². The summed E-state index contributed by atoms with van der Waals surface area (Å²) in [5, 5.41) is 2.18. The maximum atomic E-state index is 13.6. The molecule has 2 N–H and O–H groups in total. The maximum Gasteiger partial charge on any atom is 0.261 e. The average Bonchev–Trinajstić information content (AvgIpc) is 3.08.